The Morgan fingerprint density at radius 1 is 1.25 bits per heavy atom. The van der Waals surface area contributed by atoms with Crippen LogP contribution in [0.3, 0.4) is 0 Å². The Kier molecular flexibility index (Phi) is 3.98. The average molecular weight is 375 g/mol. The Balaban J connectivity index is 1.72. The zero-order valence-electron chi connectivity index (χ0n) is 15.1. The highest BCUT2D eigenvalue weighted by Crippen LogP contribution is 2.31. The summed E-state index contributed by atoms with van der Waals surface area (Å²) in [4.78, 5) is 30.5. The van der Waals surface area contributed by atoms with E-state index in [4.69, 9.17) is 9.47 Å². The zero-order valence-corrected chi connectivity index (χ0v) is 15.1. The summed E-state index contributed by atoms with van der Waals surface area (Å²) in [5.41, 5.74) is 2.33. The van der Waals surface area contributed by atoms with Gasteiger partial charge in [0.15, 0.2) is 5.65 Å². The normalized spacial score (nSPS) is 20.8. The predicted molar refractivity (Wildman–Crippen MR) is 102 cm³/mol. The molecule has 3 aromatic heterocycles. The molecule has 1 saturated heterocycles. The highest BCUT2D eigenvalue weighted by Gasteiger charge is 2.28. The second-order valence-corrected chi connectivity index (χ2v) is 6.66. The van der Waals surface area contributed by atoms with Crippen LogP contribution in [0.25, 0.3) is 22.4 Å². The number of methoxy groups -OCH3 is 1. The molecule has 28 heavy (non-hydrogen) atoms. The maximum Gasteiger partial charge on any atom is 0.283 e. The molecule has 0 amide bonds. The molecule has 2 aliphatic rings. The maximum absolute atomic E-state index is 13.4. The lowest BCUT2D eigenvalue weighted by molar-refractivity contribution is 0.135. The first-order chi connectivity index (χ1) is 13.7. The first kappa shape index (κ1) is 16.8. The van der Waals surface area contributed by atoms with Crippen LogP contribution < -0.4 is 10.3 Å². The van der Waals surface area contributed by atoms with Gasteiger partial charge in [-0.15, -0.1) is 0 Å². The topological polar surface area (TPSA) is 92.0 Å². The van der Waals surface area contributed by atoms with Gasteiger partial charge in [0.1, 0.15) is 17.5 Å². The molecule has 1 aliphatic carbocycles. The zero-order chi connectivity index (χ0) is 19.1. The molecule has 1 fully saturated rings. The molecule has 0 N–H and O–H groups in total. The van der Waals surface area contributed by atoms with Gasteiger partial charge in [-0.05, 0) is 18.6 Å². The van der Waals surface area contributed by atoms with Gasteiger partial charge >= 0.3 is 0 Å². The number of nitrogens with zero attached hydrogens (tertiary/aromatic N) is 5. The fourth-order valence-electron chi connectivity index (χ4n) is 3.61. The molecule has 8 heteroatoms. The monoisotopic (exact) mass is 375 g/mol. The lowest BCUT2D eigenvalue weighted by atomic mass is 9.92. The van der Waals surface area contributed by atoms with Crippen molar-refractivity contribution in [3.8, 4) is 11.6 Å². The van der Waals surface area contributed by atoms with E-state index >= 15 is 0 Å². The number of fused-ring (bicyclic) bond motifs is 2. The minimum Gasteiger partial charge on any atom is -0.481 e. The summed E-state index contributed by atoms with van der Waals surface area (Å²) in [5, 5.41) is 0. The summed E-state index contributed by atoms with van der Waals surface area (Å²) < 4.78 is 12.4. The van der Waals surface area contributed by atoms with E-state index < -0.39 is 0 Å². The van der Waals surface area contributed by atoms with Crippen molar-refractivity contribution in [3.05, 3.63) is 65.1 Å². The Morgan fingerprint density at radius 3 is 3.00 bits per heavy atom. The highest BCUT2D eigenvalue weighted by atomic mass is 16.5. The van der Waals surface area contributed by atoms with Crippen molar-refractivity contribution in [1.82, 2.24) is 24.5 Å². The van der Waals surface area contributed by atoms with Crippen LogP contribution in [0.5, 0.6) is 5.88 Å². The largest absolute Gasteiger partial charge is 0.481 e. The molecule has 0 radical (unpaired) electrons. The quantitative estimate of drug-likeness (QED) is 0.691. The molecular weight excluding hydrogens is 358 g/mol. The van der Waals surface area contributed by atoms with Crippen molar-refractivity contribution in [1.29, 1.82) is 0 Å². The van der Waals surface area contributed by atoms with E-state index in [-0.39, 0.29) is 11.7 Å². The number of hydrogen-bond acceptors (Lipinski definition) is 7. The van der Waals surface area contributed by atoms with Crippen molar-refractivity contribution in [2.75, 3.05) is 13.7 Å². The van der Waals surface area contributed by atoms with Gasteiger partial charge in [0.25, 0.3) is 5.56 Å². The van der Waals surface area contributed by atoms with Gasteiger partial charge in [-0.25, -0.2) is 19.9 Å². The summed E-state index contributed by atoms with van der Waals surface area (Å²) in [6.45, 7) is 0.726. The van der Waals surface area contributed by atoms with Crippen LogP contribution in [0.4, 0.5) is 0 Å². The summed E-state index contributed by atoms with van der Waals surface area (Å²) in [5.74, 6) is 0.827. The van der Waals surface area contributed by atoms with Gasteiger partial charge in [0, 0.05) is 24.2 Å². The lowest BCUT2D eigenvalue weighted by Gasteiger charge is -2.18. The van der Waals surface area contributed by atoms with Crippen LogP contribution in [0.1, 0.15) is 12.1 Å². The third-order valence-corrected chi connectivity index (χ3v) is 5.03. The number of aromatic nitrogens is 5. The molecule has 2 unspecified atom stereocenters. The fraction of sp³-hybridized carbons (Fsp3) is 0.250. The number of allylic oxidation sites excluding steroid dienone is 2. The molecule has 8 nitrogen and oxygen atoms in total. The molecule has 5 rings (SSSR count). The first-order valence-electron chi connectivity index (χ1n) is 9.00. The van der Waals surface area contributed by atoms with Crippen LogP contribution in [-0.2, 0) is 4.74 Å². The smallest absolute Gasteiger partial charge is 0.283 e. The summed E-state index contributed by atoms with van der Waals surface area (Å²) >= 11 is 0. The highest BCUT2D eigenvalue weighted by molar-refractivity contribution is 5.79. The Hall–Kier alpha value is -3.39. The third-order valence-electron chi connectivity index (χ3n) is 5.03. The summed E-state index contributed by atoms with van der Waals surface area (Å²) in [7, 11) is 1.54. The van der Waals surface area contributed by atoms with Crippen LogP contribution in [-0.4, -0.2) is 44.3 Å². The van der Waals surface area contributed by atoms with E-state index in [0.717, 1.165) is 18.6 Å². The van der Waals surface area contributed by atoms with Gasteiger partial charge < -0.3 is 9.47 Å². The van der Waals surface area contributed by atoms with E-state index in [2.05, 4.69) is 26.0 Å². The van der Waals surface area contributed by atoms with Gasteiger partial charge in [0.2, 0.25) is 5.88 Å². The molecule has 0 saturated carbocycles. The lowest BCUT2D eigenvalue weighted by Crippen LogP contribution is -2.26. The minimum atomic E-state index is -0.273. The van der Waals surface area contributed by atoms with Crippen LogP contribution in [0, 0.1) is 5.92 Å². The molecule has 1 aliphatic heterocycles. The van der Waals surface area contributed by atoms with E-state index in [1.54, 1.807) is 31.6 Å². The molecule has 0 bridgehead atoms. The van der Waals surface area contributed by atoms with Crippen molar-refractivity contribution >= 4 is 16.7 Å². The van der Waals surface area contributed by atoms with Gasteiger partial charge in [-0.2, -0.15) is 0 Å². The molecule has 0 aromatic carbocycles. The fourth-order valence-corrected chi connectivity index (χ4v) is 3.61. The van der Waals surface area contributed by atoms with Gasteiger partial charge in [0.05, 0.1) is 31.3 Å². The van der Waals surface area contributed by atoms with E-state index in [1.807, 2.05) is 12.2 Å². The number of hydrogen-bond donors (Lipinski definition) is 0. The molecule has 0 spiro atoms. The third kappa shape index (κ3) is 2.69. The minimum absolute atomic E-state index is 0.0139. The molecule has 3 aromatic rings. The number of ether oxygens (including phenoxy) is 2. The molecule has 2 atom stereocenters. The Bertz CT molecular complexity index is 1170. The Labute approximate surface area is 160 Å². The van der Waals surface area contributed by atoms with Crippen LogP contribution in [0.2, 0.25) is 0 Å². The number of pyridine rings is 1. The number of rotatable bonds is 3. The summed E-state index contributed by atoms with van der Waals surface area (Å²) in [6.07, 6.45) is 11.6. The Morgan fingerprint density at radius 2 is 2.18 bits per heavy atom. The second-order valence-electron chi connectivity index (χ2n) is 6.66. The van der Waals surface area contributed by atoms with Crippen molar-refractivity contribution in [3.63, 3.8) is 0 Å². The van der Waals surface area contributed by atoms with Crippen molar-refractivity contribution < 1.29 is 9.47 Å². The molecular formula is C20H17N5O3. The molecule has 4 heterocycles. The maximum atomic E-state index is 13.4. The average Bonchev–Trinajstić information content (AvgIpc) is 3.21. The van der Waals surface area contributed by atoms with E-state index in [1.165, 1.54) is 10.9 Å². The van der Waals surface area contributed by atoms with E-state index in [9.17, 15) is 4.79 Å². The van der Waals surface area contributed by atoms with Gasteiger partial charge in [-0.1, -0.05) is 12.2 Å². The molecule has 140 valence electrons. The van der Waals surface area contributed by atoms with Gasteiger partial charge in [-0.3, -0.25) is 9.36 Å². The SMILES string of the molecule is COc1ccc(-n2c(=O)c(C3=CC4OCCC4C=C3)nc3cncnc32)cn1. The van der Waals surface area contributed by atoms with Crippen LogP contribution >= 0.6 is 0 Å². The van der Waals surface area contributed by atoms with Crippen molar-refractivity contribution in [2.45, 2.75) is 12.5 Å². The van der Waals surface area contributed by atoms with Crippen LogP contribution in [0.15, 0.2) is 53.9 Å². The standard InChI is InChI=1S/C20H17N5O3/c1-27-17-5-4-14(9-22-17)25-19-15(10-21-11-23-19)24-18(20(25)26)13-3-2-12-6-7-28-16(12)8-13/h2-5,8-12,16H,6-7H2,1H3. The van der Waals surface area contributed by atoms with Crippen molar-refractivity contribution in [2.24, 2.45) is 5.92 Å². The summed E-state index contributed by atoms with van der Waals surface area (Å²) in [6, 6.07) is 3.46. The second kappa shape index (κ2) is 6.65. The predicted octanol–water partition coefficient (Wildman–Crippen LogP) is 1.94. The first-order valence-corrected chi connectivity index (χ1v) is 9.00. The van der Waals surface area contributed by atoms with E-state index in [0.29, 0.717) is 34.3 Å².